The highest BCUT2D eigenvalue weighted by atomic mass is 16.5. The second-order valence-corrected chi connectivity index (χ2v) is 5.33. The number of hydrogen-bond acceptors (Lipinski definition) is 5. The third-order valence-corrected chi connectivity index (χ3v) is 3.65. The van der Waals surface area contributed by atoms with Crippen LogP contribution in [0.1, 0.15) is 24.2 Å². The van der Waals surface area contributed by atoms with Gasteiger partial charge in [0.2, 0.25) is 5.91 Å². The number of carbonyl (C=O) groups is 2. The van der Waals surface area contributed by atoms with E-state index in [9.17, 15) is 9.59 Å². The van der Waals surface area contributed by atoms with Gasteiger partial charge in [-0.05, 0) is 26.0 Å². The molecule has 0 aromatic carbocycles. The van der Waals surface area contributed by atoms with Crippen molar-refractivity contribution < 1.29 is 14.3 Å². The number of nitrogens with zero attached hydrogens (tertiary/aromatic N) is 3. The summed E-state index contributed by atoms with van der Waals surface area (Å²) in [5.74, 6) is 0.236. The number of esters is 1. The molecule has 0 spiro atoms. The minimum Gasteiger partial charge on any atom is -0.465 e. The molecule has 108 valence electrons. The van der Waals surface area contributed by atoms with Gasteiger partial charge in [-0.15, -0.1) is 0 Å². The van der Waals surface area contributed by atoms with E-state index in [1.54, 1.807) is 30.3 Å². The Kier molecular flexibility index (Phi) is 3.65. The maximum Gasteiger partial charge on any atom is 0.338 e. The van der Waals surface area contributed by atoms with Crippen LogP contribution in [0.2, 0.25) is 0 Å². The van der Waals surface area contributed by atoms with Crippen LogP contribution >= 0.6 is 0 Å². The summed E-state index contributed by atoms with van der Waals surface area (Å²) < 4.78 is 4.71. The van der Waals surface area contributed by atoms with Crippen molar-refractivity contribution in [1.82, 2.24) is 9.88 Å². The third kappa shape index (κ3) is 2.33. The zero-order chi connectivity index (χ0) is 14.9. The zero-order valence-corrected chi connectivity index (χ0v) is 12.2. The highest BCUT2D eigenvalue weighted by Gasteiger charge is 2.41. The van der Waals surface area contributed by atoms with Crippen LogP contribution in [0.25, 0.3) is 0 Å². The van der Waals surface area contributed by atoms with Crippen molar-refractivity contribution in [2.75, 3.05) is 32.1 Å². The van der Waals surface area contributed by atoms with Crippen molar-refractivity contribution in [2.45, 2.75) is 19.4 Å². The number of piperazine rings is 1. The first kappa shape index (κ1) is 14.3. The molecule has 20 heavy (non-hydrogen) atoms. The van der Waals surface area contributed by atoms with Crippen LogP contribution in [-0.2, 0) is 9.53 Å². The average Bonchev–Trinajstić information content (AvgIpc) is 2.44. The van der Waals surface area contributed by atoms with E-state index in [2.05, 4.69) is 4.98 Å². The molecule has 1 fully saturated rings. The number of carbonyl (C=O) groups excluding carboxylic acids is 2. The molecule has 1 aliphatic rings. The molecule has 0 saturated carbocycles. The van der Waals surface area contributed by atoms with Crippen LogP contribution in [0.4, 0.5) is 5.82 Å². The van der Waals surface area contributed by atoms with Crippen molar-refractivity contribution in [3.63, 3.8) is 0 Å². The van der Waals surface area contributed by atoms with Gasteiger partial charge >= 0.3 is 5.97 Å². The standard InChI is InChI=1S/C14H19N3O3/c1-14(2)13(19)16(3)7-8-17(14)11-9-10(5-6-15-11)12(18)20-4/h5-6,9H,7-8H2,1-4H3. The molecule has 1 aromatic rings. The Morgan fingerprint density at radius 3 is 2.75 bits per heavy atom. The SMILES string of the molecule is COC(=O)c1ccnc(N2CCN(C)C(=O)C2(C)C)c1. The maximum atomic E-state index is 12.3. The topological polar surface area (TPSA) is 62.7 Å². The lowest BCUT2D eigenvalue weighted by molar-refractivity contribution is -0.136. The summed E-state index contributed by atoms with van der Waals surface area (Å²) in [6.07, 6.45) is 1.56. The van der Waals surface area contributed by atoms with E-state index >= 15 is 0 Å². The Morgan fingerprint density at radius 2 is 2.10 bits per heavy atom. The third-order valence-electron chi connectivity index (χ3n) is 3.65. The van der Waals surface area contributed by atoms with E-state index < -0.39 is 11.5 Å². The lowest BCUT2D eigenvalue weighted by atomic mass is 9.97. The summed E-state index contributed by atoms with van der Waals surface area (Å²) in [7, 11) is 3.13. The van der Waals surface area contributed by atoms with E-state index in [-0.39, 0.29) is 5.91 Å². The van der Waals surface area contributed by atoms with E-state index in [1.807, 2.05) is 18.7 Å². The predicted molar refractivity (Wildman–Crippen MR) is 74.6 cm³/mol. The van der Waals surface area contributed by atoms with Gasteiger partial charge < -0.3 is 14.5 Å². The number of ether oxygens (including phenoxy) is 1. The van der Waals surface area contributed by atoms with E-state index in [0.717, 1.165) is 0 Å². The van der Waals surface area contributed by atoms with E-state index in [4.69, 9.17) is 4.74 Å². The first-order valence-corrected chi connectivity index (χ1v) is 6.45. The molecule has 0 atom stereocenters. The molecular weight excluding hydrogens is 258 g/mol. The van der Waals surface area contributed by atoms with Crippen molar-refractivity contribution in [2.24, 2.45) is 0 Å². The number of aromatic nitrogens is 1. The normalized spacial score (nSPS) is 18.1. The van der Waals surface area contributed by atoms with Crippen molar-refractivity contribution in [3.8, 4) is 0 Å². The molecule has 1 saturated heterocycles. The van der Waals surface area contributed by atoms with E-state index in [0.29, 0.717) is 24.5 Å². The van der Waals surface area contributed by atoms with Crippen LogP contribution < -0.4 is 4.90 Å². The molecule has 1 amide bonds. The lowest BCUT2D eigenvalue weighted by Gasteiger charge is -2.45. The van der Waals surface area contributed by atoms with Crippen LogP contribution in [0.3, 0.4) is 0 Å². The number of anilines is 1. The predicted octanol–water partition coefficient (Wildman–Crippen LogP) is 0.925. The molecule has 0 unspecified atom stereocenters. The smallest absolute Gasteiger partial charge is 0.338 e. The van der Waals surface area contributed by atoms with Gasteiger partial charge in [0.1, 0.15) is 11.4 Å². The lowest BCUT2D eigenvalue weighted by Crippen LogP contribution is -2.62. The number of amides is 1. The van der Waals surface area contributed by atoms with Gasteiger partial charge in [-0.3, -0.25) is 4.79 Å². The van der Waals surface area contributed by atoms with Crippen LogP contribution in [-0.4, -0.2) is 54.5 Å². The fourth-order valence-electron chi connectivity index (χ4n) is 2.43. The van der Waals surface area contributed by atoms with Gasteiger partial charge in [-0.25, -0.2) is 9.78 Å². The van der Waals surface area contributed by atoms with E-state index in [1.165, 1.54) is 7.11 Å². The van der Waals surface area contributed by atoms with Crippen molar-refractivity contribution in [1.29, 1.82) is 0 Å². The van der Waals surface area contributed by atoms with Crippen molar-refractivity contribution >= 4 is 17.7 Å². The Labute approximate surface area is 118 Å². The van der Waals surface area contributed by atoms with Gasteiger partial charge in [0.25, 0.3) is 0 Å². The molecule has 0 aliphatic carbocycles. The molecule has 0 N–H and O–H groups in total. The van der Waals surface area contributed by atoms with Gasteiger partial charge in [-0.1, -0.05) is 0 Å². The first-order valence-electron chi connectivity index (χ1n) is 6.45. The number of methoxy groups -OCH3 is 1. The Hall–Kier alpha value is -2.11. The Balaban J connectivity index is 2.36. The molecular formula is C14H19N3O3. The monoisotopic (exact) mass is 277 g/mol. The summed E-state index contributed by atoms with van der Waals surface area (Å²) in [6.45, 7) is 5.02. The van der Waals surface area contributed by atoms with Crippen molar-refractivity contribution in [3.05, 3.63) is 23.9 Å². The molecule has 1 aliphatic heterocycles. The minimum atomic E-state index is -0.686. The van der Waals surface area contributed by atoms with Gasteiger partial charge in [0.05, 0.1) is 12.7 Å². The number of pyridine rings is 1. The molecule has 0 radical (unpaired) electrons. The molecule has 6 heteroatoms. The van der Waals surface area contributed by atoms with Crippen LogP contribution in [0.5, 0.6) is 0 Å². The second-order valence-electron chi connectivity index (χ2n) is 5.33. The van der Waals surface area contributed by atoms with Gasteiger partial charge in [-0.2, -0.15) is 0 Å². The maximum absolute atomic E-state index is 12.3. The Morgan fingerprint density at radius 1 is 1.40 bits per heavy atom. The summed E-state index contributed by atoms with van der Waals surface area (Å²) in [5, 5.41) is 0. The molecule has 2 heterocycles. The summed E-state index contributed by atoms with van der Waals surface area (Å²) >= 11 is 0. The highest BCUT2D eigenvalue weighted by molar-refractivity contribution is 5.92. The first-order chi connectivity index (χ1) is 9.37. The molecule has 0 bridgehead atoms. The molecule has 2 rings (SSSR count). The molecule has 6 nitrogen and oxygen atoms in total. The largest absolute Gasteiger partial charge is 0.465 e. The fourth-order valence-corrected chi connectivity index (χ4v) is 2.43. The second kappa shape index (κ2) is 5.11. The number of rotatable bonds is 2. The van der Waals surface area contributed by atoms with Gasteiger partial charge in [0, 0.05) is 26.3 Å². The summed E-state index contributed by atoms with van der Waals surface area (Å²) in [4.78, 5) is 31.8. The zero-order valence-electron chi connectivity index (χ0n) is 12.2. The fraction of sp³-hybridized carbons (Fsp3) is 0.500. The van der Waals surface area contributed by atoms with Crippen LogP contribution in [0, 0.1) is 0 Å². The number of likely N-dealkylation sites (N-methyl/N-ethyl adjacent to an activating group) is 1. The number of hydrogen-bond donors (Lipinski definition) is 0. The van der Waals surface area contributed by atoms with Crippen LogP contribution in [0.15, 0.2) is 18.3 Å². The minimum absolute atomic E-state index is 0.0361. The highest BCUT2D eigenvalue weighted by Crippen LogP contribution is 2.27. The molecule has 1 aromatic heterocycles. The van der Waals surface area contributed by atoms with Gasteiger partial charge in [0.15, 0.2) is 0 Å². The summed E-state index contributed by atoms with van der Waals surface area (Å²) in [6, 6.07) is 3.26. The Bertz CT molecular complexity index is 542. The quantitative estimate of drug-likeness (QED) is 0.752. The summed E-state index contributed by atoms with van der Waals surface area (Å²) in [5.41, 5.74) is -0.256. The average molecular weight is 277 g/mol.